The van der Waals surface area contributed by atoms with Gasteiger partial charge >= 0.3 is 0 Å². The molecule has 4 rings (SSSR count). The normalized spacial score (nSPS) is 15.5. The third kappa shape index (κ3) is 3.11. The Bertz CT molecular complexity index is 1090. The molecule has 1 aliphatic heterocycles. The number of amides is 1. The van der Waals surface area contributed by atoms with Gasteiger partial charge in [-0.2, -0.15) is 0 Å². The molecule has 7 heteroatoms. The minimum absolute atomic E-state index is 0.117. The first-order valence-electron chi connectivity index (χ1n) is 8.82. The zero-order valence-corrected chi connectivity index (χ0v) is 15.5. The molecular weight excluding hydrogens is 358 g/mol. The summed E-state index contributed by atoms with van der Waals surface area (Å²) in [4.78, 5) is 32.7. The Balaban J connectivity index is 1.89. The summed E-state index contributed by atoms with van der Waals surface area (Å²) >= 11 is 0. The van der Waals surface area contributed by atoms with Gasteiger partial charge in [0, 0.05) is 23.5 Å². The van der Waals surface area contributed by atoms with Gasteiger partial charge in [-0.15, -0.1) is 0 Å². The number of benzene rings is 2. The summed E-state index contributed by atoms with van der Waals surface area (Å²) in [5, 5.41) is 2.73. The molecule has 1 aromatic heterocycles. The third-order valence-corrected chi connectivity index (χ3v) is 4.81. The van der Waals surface area contributed by atoms with E-state index in [2.05, 4.69) is 15.3 Å². The van der Waals surface area contributed by atoms with Crippen molar-refractivity contribution in [1.82, 2.24) is 9.97 Å². The van der Waals surface area contributed by atoms with Crippen LogP contribution >= 0.6 is 0 Å². The smallest absolute Gasteiger partial charge is 0.257 e. The lowest BCUT2D eigenvalue weighted by molar-refractivity contribution is -0.116. The molecule has 0 fully saturated rings. The van der Waals surface area contributed by atoms with Crippen LogP contribution in [0.2, 0.25) is 0 Å². The summed E-state index contributed by atoms with van der Waals surface area (Å²) in [6.07, 6.45) is 0.117. The van der Waals surface area contributed by atoms with Crippen molar-refractivity contribution >= 4 is 11.7 Å². The average Bonchev–Trinajstić information content (AvgIpc) is 2.72. The number of anilines is 1. The SMILES string of the molecule is COc1ccc(OC)c([C@H]2CC(=O)Nc3nc(-c4ccccc4)[nH]c(=O)c32)c1. The van der Waals surface area contributed by atoms with Crippen molar-refractivity contribution < 1.29 is 14.3 Å². The van der Waals surface area contributed by atoms with Crippen LogP contribution in [-0.2, 0) is 4.79 Å². The fourth-order valence-electron chi connectivity index (χ4n) is 3.48. The number of H-pyrrole nitrogens is 1. The summed E-state index contributed by atoms with van der Waals surface area (Å²) in [6.45, 7) is 0. The van der Waals surface area contributed by atoms with Gasteiger partial charge in [0.1, 0.15) is 23.1 Å². The Kier molecular flexibility index (Phi) is 4.57. The number of nitrogens with one attached hydrogen (secondary N) is 2. The zero-order chi connectivity index (χ0) is 19.7. The minimum Gasteiger partial charge on any atom is -0.497 e. The fourth-order valence-corrected chi connectivity index (χ4v) is 3.48. The maximum absolute atomic E-state index is 13.0. The van der Waals surface area contributed by atoms with Gasteiger partial charge in [-0.25, -0.2) is 4.98 Å². The maximum Gasteiger partial charge on any atom is 0.257 e. The van der Waals surface area contributed by atoms with Crippen LogP contribution in [0.1, 0.15) is 23.5 Å². The van der Waals surface area contributed by atoms with Gasteiger partial charge in [0.25, 0.3) is 5.56 Å². The number of carbonyl (C=O) groups is 1. The first-order chi connectivity index (χ1) is 13.6. The zero-order valence-electron chi connectivity index (χ0n) is 15.5. The monoisotopic (exact) mass is 377 g/mol. The van der Waals surface area contributed by atoms with E-state index in [1.807, 2.05) is 30.3 Å². The van der Waals surface area contributed by atoms with Crippen LogP contribution in [0, 0.1) is 0 Å². The highest BCUT2D eigenvalue weighted by Gasteiger charge is 2.33. The number of fused-ring (bicyclic) bond motifs is 1. The van der Waals surface area contributed by atoms with E-state index in [1.54, 1.807) is 32.4 Å². The van der Waals surface area contributed by atoms with Crippen LogP contribution in [0.4, 0.5) is 5.82 Å². The molecule has 1 aliphatic rings. The van der Waals surface area contributed by atoms with E-state index >= 15 is 0 Å². The predicted molar refractivity (Wildman–Crippen MR) is 105 cm³/mol. The second-order valence-corrected chi connectivity index (χ2v) is 6.46. The van der Waals surface area contributed by atoms with Crippen LogP contribution in [0.3, 0.4) is 0 Å². The van der Waals surface area contributed by atoms with E-state index in [-0.39, 0.29) is 23.7 Å². The van der Waals surface area contributed by atoms with Crippen LogP contribution < -0.4 is 20.3 Å². The average molecular weight is 377 g/mol. The molecule has 0 radical (unpaired) electrons. The second-order valence-electron chi connectivity index (χ2n) is 6.46. The largest absolute Gasteiger partial charge is 0.497 e. The van der Waals surface area contributed by atoms with Gasteiger partial charge in [-0.05, 0) is 18.2 Å². The molecule has 28 heavy (non-hydrogen) atoms. The highest BCUT2D eigenvalue weighted by Crippen LogP contribution is 2.40. The van der Waals surface area contributed by atoms with E-state index in [0.29, 0.717) is 28.5 Å². The van der Waals surface area contributed by atoms with Crippen molar-refractivity contribution in [2.24, 2.45) is 0 Å². The molecular formula is C21H19N3O4. The molecule has 142 valence electrons. The summed E-state index contributed by atoms with van der Waals surface area (Å²) in [6, 6.07) is 14.6. The van der Waals surface area contributed by atoms with E-state index in [1.165, 1.54) is 0 Å². The molecule has 0 bridgehead atoms. The Hall–Kier alpha value is -3.61. The number of aromatic amines is 1. The second kappa shape index (κ2) is 7.19. The quantitative estimate of drug-likeness (QED) is 0.729. The summed E-state index contributed by atoms with van der Waals surface area (Å²) in [5.74, 6) is 1.18. The highest BCUT2D eigenvalue weighted by molar-refractivity contribution is 5.94. The Morgan fingerprint density at radius 3 is 2.54 bits per heavy atom. The molecule has 3 aromatic rings. The molecule has 0 aliphatic carbocycles. The highest BCUT2D eigenvalue weighted by atomic mass is 16.5. The molecule has 0 saturated heterocycles. The van der Waals surface area contributed by atoms with Gasteiger partial charge in [0.2, 0.25) is 5.91 Å². The van der Waals surface area contributed by atoms with Crippen molar-refractivity contribution in [2.45, 2.75) is 12.3 Å². The molecule has 0 saturated carbocycles. The lowest BCUT2D eigenvalue weighted by Gasteiger charge is -2.26. The number of carbonyl (C=O) groups excluding carboxylic acids is 1. The Morgan fingerprint density at radius 2 is 1.82 bits per heavy atom. The van der Waals surface area contributed by atoms with Gasteiger partial charge in [0.05, 0.1) is 19.8 Å². The molecule has 2 heterocycles. The summed E-state index contributed by atoms with van der Waals surface area (Å²) < 4.78 is 10.8. The van der Waals surface area contributed by atoms with E-state index in [9.17, 15) is 9.59 Å². The van der Waals surface area contributed by atoms with Gasteiger partial charge in [-0.3, -0.25) is 9.59 Å². The standard InChI is InChI=1S/C21H19N3O4/c1-27-13-8-9-16(28-2)14(10-13)15-11-17(25)22-20-18(15)21(26)24-19(23-20)12-6-4-3-5-7-12/h3-10,15H,11H2,1-2H3,(H2,22,23,24,25,26)/t15-/m1/s1. The maximum atomic E-state index is 13.0. The number of rotatable bonds is 4. The lowest BCUT2D eigenvalue weighted by atomic mass is 9.86. The summed E-state index contributed by atoms with van der Waals surface area (Å²) in [7, 11) is 3.11. The van der Waals surface area contributed by atoms with Gasteiger partial charge in [0.15, 0.2) is 0 Å². The van der Waals surface area contributed by atoms with Crippen molar-refractivity contribution in [3.05, 3.63) is 70.0 Å². The molecule has 0 spiro atoms. The van der Waals surface area contributed by atoms with Crippen LogP contribution in [0.15, 0.2) is 53.3 Å². The van der Waals surface area contributed by atoms with Crippen LogP contribution in [-0.4, -0.2) is 30.1 Å². The van der Waals surface area contributed by atoms with Crippen molar-refractivity contribution in [1.29, 1.82) is 0 Å². The lowest BCUT2D eigenvalue weighted by Crippen LogP contribution is -2.31. The number of methoxy groups -OCH3 is 2. The number of ether oxygens (including phenoxy) is 2. The predicted octanol–water partition coefficient (Wildman–Crippen LogP) is 2.93. The number of nitrogens with zero attached hydrogens (tertiary/aromatic N) is 1. The first-order valence-corrected chi connectivity index (χ1v) is 8.82. The minimum atomic E-state index is -0.491. The van der Waals surface area contributed by atoms with Crippen molar-refractivity contribution in [2.75, 3.05) is 19.5 Å². The molecule has 7 nitrogen and oxygen atoms in total. The molecule has 2 N–H and O–H groups in total. The Morgan fingerprint density at radius 1 is 1.04 bits per heavy atom. The fraction of sp³-hybridized carbons (Fsp3) is 0.190. The number of aromatic nitrogens is 2. The molecule has 1 atom stereocenters. The van der Waals surface area contributed by atoms with Crippen molar-refractivity contribution in [3.63, 3.8) is 0 Å². The number of hydrogen-bond donors (Lipinski definition) is 2. The van der Waals surface area contributed by atoms with Crippen LogP contribution in [0.5, 0.6) is 11.5 Å². The molecule has 1 amide bonds. The summed E-state index contributed by atoms with van der Waals surface area (Å²) in [5.41, 5.74) is 1.58. The van der Waals surface area contributed by atoms with E-state index in [0.717, 1.165) is 5.56 Å². The van der Waals surface area contributed by atoms with Crippen molar-refractivity contribution in [3.8, 4) is 22.9 Å². The van der Waals surface area contributed by atoms with Gasteiger partial charge in [-0.1, -0.05) is 30.3 Å². The van der Waals surface area contributed by atoms with E-state index in [4.69, 9.17) is 9.47 Å². The first kappa shape index (κ1) is 17.8. The van der Waals surface area contributed by atoms with E-state index < -0.39 is 5.92 Å². The Labute approximate surface area is 161 Å². The van der Waals surface area contributed by atoms with Crippen LogP contribution in [0.25, 0.3) is 11.4 Å². The number of hydrogen-bond acceptors (Lipinski definition) is 5. The topological polar surface area (TPSA) is 93.3 Å². The third-order valence-electron chi connectivity index (χ3n) is 4.81. The molecule has 0 unspecified atom stereocenters. The van der Waals surface area contributed by atoms with Gasteiger partial charge < -0.3 is 19.8 Å². The molecule has 2 aromatic carbocycles.